The van der Waals surface area contributed by atoms with Crippen molar-refractivity contribution in [1.29, 1.82) is 0 Å². The molecule has 0 bridgehead atoms. The standard InChI is InChI=1S/C15H29NO/c1-12-7-8-14(10-13(12)2)16-9-5-3-4-6-15(16)11-17/h12-15,17H,3-11H2,1-2H3. The van der Waals surface area contributed by atoms with Gasteiger partial charge in [-0.2, -0.15) is 0 Å². The zero-order valence-electron chi connectivity index (χ0n) is 11.6. The van der Waals surface area contributed by atoms with Gasteiger partial charge in [0.1, 0.15) is 0 Å². The normalized spacial score (nSPS) is 41.1. The summed E-state index contributed by atoms with van der Waals surface area (Å²) in [7, 11) is 0. The van der Waals surface area contributed by atoms with Crippen molar-refractivity contribution in [3.8, 4) is 0 Å². The second-order valence-corrected chi connectivity index (χ2v) is 6.35. The van der Waals surface area contributed by atoms with Gasteiger partial charge < -0.3 is 5.11 Å². The lowest BCUT2D eigenvalue weighted by atomic mass is 9.78. The van der Waals surface area contributed by atoms with Crippen LogP contribution in [-0.4, -0.2) is 35.2 Å². The predicted molar refractivity (Wildman–Crippen MR) is 72.0 cm³/mol. The lowest BCUT2D eigenvalue weighted by molar-refractivity contribution is 0.0454. The van der Waals surface area contributed by atoms with Crippen molar-refractivity contribution in [1.82, 2.24) is 4.90 Å². The summed E-state index contributed by atoms with van der Waals surface area (Å²) in [5.74, 6) is 1.75. The summed E-state index contributed by atoms with van der Waals surface area (Å²) < 4.78 is 0. The molecule has 0 amide bonds. The van der Waals surface area contributed by atoms with E-state index in [9.17, 15) is 5.11 Å². The van der Waals surface area contributed by atoms with Crippen LogP contribution in [0, 0.1) is 11.8 Å². The predicted octanol–water partition coefficient (Wildman–Crippen LogP) is 3.05. The highest BCUT2D eigenvalue weighted by atomic mass is 16.3. The van der Waals surface area contributed by atoms with E-state index in [1.54, 1.807) is 0 Å². The van der Waals surface area contributed by atoms with Crippen molar-refractivity contribution in [3.63, 3.8) is 0 Å². The van der Waals surface area contributed by atoms with Gasteiger partial charge >= 0.3 is 0 Å². The van der Waals surface area contributed by atoms with E-state index in [0.717, 1.165) is 17.9 Å². The summed E-state index contributed by atoms with van der Waals surface area (Å²) in [5, 5.41) is 9.59. The molecule has 1 aliphatic carbocycles. The molecule has 0 aromatic carbocycles. The third-order valence-electron chi connectivity index (χ3n) is 5.17. The van der Waals surface area contributed by atoms with Crippen LogP contribution in [0.25, 0.3) is 0 Å². The maximum atomic E-state index is 9.59. The SMILES string of the molecule is CC1CCC(N2CCCCCC2CO)CC1C. The van der Waals surface area contributed by atoms with Crippen molar-refractivity contribution < 1.29 is 5.11 Å². The molecule has 0 radical (unpaired) electrons. The van der Waals surface area contributed by atoms with Gasteiger partial charge in [-0.15, -0.1) is 0 Å². The molecule has 0 aromatic rings. The molecule has 1 N–H and O–H groups in total. The van der Waals surface area contributed by atoms with Crippen LogP contribution >= 0.6 is 0 Å². The van der Waals surface area contributed by atoms with E-state index >= 15 is 0 Å². The Morgan fingerprint density at radius 3 is 2.53 bits per heavy atom. The van der Waals surface area contributed by atoms with E-state index in [2.05, 4.69) is 18.7 Å². The smallest absolute Gasteiger partial charge is 0.0586 e. The average molecular weight is 239 g/mol. The Hall–Kier alpha value is -0.0800. The van der Waals surface area contributed by atoms with E-state index < -0.39 is 0 Å². The first-order valence-electron chi connectivity index (χ1n) is 7.59. The lowest BCUT2D eigenvalue weighted by Gasteiger charge is -2.42. The molecule has 100 valence electrons. The van der Waals surface area contributed by atoms with Gasteiger partial charge in [0.05, 0.1) is 6.61 Å². The number of rotatable bonds is 2. The van der Waals surface area contributed by atoms with Crippen molar-refractivity contribution in [3.05, 3.63) is 0 Å². The summed E-state index contributed by atoms with van der Waals surface area (Å²) in [4.78, 5) is 2.65. The molecule has 17 heavy (non-hydrogen) atoms. The molecule has 4 unspecified atom stereocenters. The summed E-state index contributed by atoms with van der Waals surface area (Å²) in [6, 6.07) is 1.19. The van der Waals surface area contributed by atoms with Crippen molar-refractivity contribution in [2.75, 3.05) is 13.2 Å². The molecule has 1 aliphatic heterocycles. The third-order valence-corrected chi connectivity index (χ3v) is 5.17. The number of aliphatic hydroxyl groups excluding tert-OH is 1. The molecule has 1 heterocycles. The van der Waals surface area contributed by atoms with E-state index in [0.29, 0.717) is 12.6 Å². The summed E-state index contributed by atoms with van der Waals surface area (Å²) in [5.41, 5.74) is 0. The zero-order valence-corrected chi connectivity index (χ0v) is 11.6. The molecule has 0 spiro atoms. The first kappa shape index (κ1) is 13.4. The van der Waals surface area contributed by atoms with Crippen LogP contribution in [0.5, 0.6) is 0 Å². The number of hydrogen-bond acceptors (Lipinski definition) is 2. The summed E-state index contributed by atoms with van der Waals surface area (Å²) in [6.45, 7) is 6.38. The molecule has 1 saturated carbocycles. The highest BCUT2D eigenvalue weighted by Gasteiger charge is 2.32. The molecular weight excluding hydrogens is 210 g/mol. The Morgan fingerprint density at radius 2 is 1.82 bits per heavy atom. The quantitative estimate of drug-likeness (QED) is 0.800. The fourth-order valence-corrected chi connectivity index (χ4v) is 3.70. The van der Waals surface area contributed by atoms with E-state index in [1.165, 1.54) is 51.5 Å². The second-order valence-electron chi connectivity index (χ2n) is 6.35. The Balaban J connectivity index is 1.98. The number of nitrogens with zero attached hydrogens (tertiary/aromatic N) is 1. The van der Waals surface area contributed by atoms with Gasteiger partial charge in [-0.1, -0.05) is 26.7 Å². The lowest BCUT2D eigenvalue weighted by Crippen LogP contribution is -2.47. The summed E-state index contributed by atoms with van der Waals surface area (Å²) in [6.07, 6.45) is 9.26. The van der Waals surface area contributed by atoms with Gasteiger partial charge in [0.2, 0.25) is 0 Å². The fraction of sp³-hybridized carbons (Fsp3) is 1.00. The number of hydrogen-bond donors (Lipinski definition) is 1. The van der Waals surface area contributed by atoms with Crippen LogP contribution in [-0.2, 0) is 0 Å². The monoisotopic (exact) mass is 239 g/mol. The minimum Gasteiger partial charge on any atom is -0.395 e. The third kappa shape index (κ3) is 3.23. The van der Waals surface area contributed by atoms with Gasteiger partial charge in [-0.25, -0.2) is 0 Å². The average Bonchev–Trinajstić information content (AvgIpc) is 2.57. The van der Waals surface area contributed by atoms with Crippen LogP contribution in [0.2, 0.25) is 0 Å². The zero-order chi connectivity index (χ0) is 12.3. The number of aliphatic hydroxyl groups is 1. The molecule has 4 atom stereocenters. The maximum Gasteiger partial charge on any atom is 0.0586 e. The van der Waals surface area contributed by atoms with Gasteiger partial charge in [-0.05, 0) is 50.5 Å². The molecule has 2 aliphatic rings. The highest BCUT2D eigenvalue weighted by Crippen LogP contribution is 2.34. The van der Waals surface area contributed by atoms with Crippen LogP contribution in [0.15, 0.2) is 0 Å². The first-order chi connectivity index (χ1) is 8.22. The Labute approximate surface area is 106 Å². The Kier molecular flexibility index (Phi) is 4.87. The highest BCUT2D eigenvalue weighted by molar-refractivity contribution is 4.86. The topological polar surface area (TPSA) is 23.5 Å². The fourth-order valence-electron chi connectivity index (χ4n) is 3.70. The van der Waals surface area contributed by atoms with Gasteiger partial charge in [0.15, 0.2) is 0 Å². The molecule has 2 heteroatoms. The maximum absolute atomic E-state index is 9.59. The van der Waals surface area contributed by atoms with Crippen molar-refractivity contribution in [2.24, 2.45) is 11.8 Å². The Morgan fingerprint density at radius 1 is 1.00 bits per heavy atom. The second kappa shape index (κ2) is 6.19. The Bertz CT molecular complexity index is 231. The van der Waals surface area contributed by atoms with Crippen LogP contribution in [0.1, 0.15) is 58.8 Å². The van der Waals surface area contributed by atoms with E-state index in [-0.39, 0.29) is 0 Å². The first-order valence-corrected chi connectivity index (χ1v) is 7.59. The molecule has 2 fully saturated rings. The van der Waals surface area contributed by atoms with Crippen LogP contribution in [0.3, 0.4) is 0 Å². The van der Waals surface area contributed by atoms with Crippen molar-refractivity contribution >= 4 is 0 Å². The largest absolute Gasteiger partial charge is 0.395 e. The van der Waals surface area contributed by atoms with Gasteiger partial charge in [0, 0.05) is 12.1 Å². The molecule has 1 saturated heterocycles. The van der Waals surface area contributed by atoms with E-state index in [4.69, 9.17) is 0 Å². The minimum absolute atomic E-state index is 0.362. The van der Waals surface area contributed by atoms with Gasteiger partial charge in [-0.3, -0.25) is 4.90 Å². The van der Waals surface area contributed by atoms with Gasteiger partial charge in [0.25, 0.3) is 0 Å². The molecule has 2 nitrogen and oxygen atoms in total. The van der Waals surface area contributed by atoms with E-state index in [1.807, 2.05) is 0 Å². The minimum atomic E-state index is 0.362. The molecular formula is C15H29NO. The van der Waals surface area contributed by atoms with Crippen LogP contribution < -0.4 is 0 Å². The summed E-state index contributed by atoms with van der Waals surface area (Å²) >= 11 is 0. The van der Waals surface area contributed by atoms with Crippen LogP contribution in [0.4, 0.5) is 0 Å². The number of likely N-dealkylation sites (tertiary alicyclic amines) is 1. The van der Waals surface area contributed by atoms with Crippen molar-refractivity contribution in [2.45, 2.75) is 70.9 Å². The molecule has 2 rings (SSSR count). The molecule has 0 aromatic heterocycles.